The molecule has 2 rings (SSSR count). The van der Waals surface area contributed by atoms with Crippen LogP contribution >= 0.6 is 0 Å². The van der Waals surface area contributed by atoms with Crippen molar-refractivity contribution < 1.29 is 9.90 Å². The van der Waals surface area contributed by atoms with Crippen molar-refractivity contribution in [2.24, 2.45) is 5.73 Å². The number of nitrogens with zero attached hydrogens (tertiary/aromatic N) is 1. The van der Waals surface area contributed by atoms with E-state index in [9.17, 15) is 4.79 Å². The lowest BCUT2D eigenvalue weighted by molar-refractivity contribution is -0.133. The predicted octanol–water partition coefficient (Wildman–Crippen LogP) is 1.32. The van der Waals surface area contributed by atoms with Gasteiger partial charge in [0.1, 0.15) is 0 Å². The zero-order valence-electron chi connectivity index (χ0n) is 11.9. The molecule has 0 radical (unpaired) electrons. The van der Waals surface area contributed by atoms with Crippen molar-refractivity contribution in [1.82, 2.24) is 4.90 Å². The SMILES string of the molecule is N[C@H](Cc1ccccc1)C(=O)N1CCCC1CCCO. The standard InChI is InChI=1S/C16H24N2O2/c17-15(12-13-6-2-1-3-7-13)16(20)18-10-4-8-14(18)9-5-11-19/h1-3,6-7,14-15,19H,4-5,8-12,17H2/t14?,15-/m1/s1. The highest BCUT2D eigenvalue weighted by molar-refractivity contribution is 5.82. The highest BCUT2D eigenvalue weighted by Crippen LogP contribution is 2.22. The van der Waals surface area contributed by atoms with Crippen LogP contribution in [0.25, 0.3) is 0 Å². The molecule has 0 aromatic heterocycles. The number of likely N-dealkylation sites (tertiary alicyclic amines) is 1. The second-order valence-electron chi connectivity index (χ2n) is 5.49. The van der Waals surface area contributed by atoms with Crippen molar-refractivity contribution in [2.45, 2.75) is 44.2 Å². The number of carbonyl (C=O) groups excluding carboxylic acids is 1. The maximum Gasteiger partial charge on any atom is 0.240 e. The Morgan fingerprint density at radius 2 is 2.15 bits per heavy atom. The quantitative estimate of drug-likeness (QED) is 0.823. The number of nitrogens with two attached hydrogens (primary N) is 1. The Labute approximate surface area is 120 Å². The van der Waals surface area contributed by atoms with Gasteiger partial charge >= 0.3 is 0 Å². The molecule has 1 amide bonds. The molecular formula is C16H24N2O2. The first-order valence-corrected chi connectivity index (χ1v) is 7.43. The van der Waals surface area contributed by atoms with E-state index in [0.29, 0.717) is 6.42 Å². The highest BCUT2D eigenvalue weighted by Gasteiger charge is 2.31. The average Bonchev–Trinajstić information content (AvgIpc) is 2.93. The number of hydrogen-bond donors (Lipinski definition) is 2. The largest absolute Gasteiger partial charge is 0.396 e. The van der Waals surface area contributed by atoms with E-state index in [0.717, 1.165) is 37.8 Å². The summed E-state index contributed by atoms with van der Waals surface area (Å²) < 4.78 is 0. The number of benzene rings is 1. The molecule has 20 heavy (non-hydrogen) atoms. The van der Waals surface area contributed by atoms with Crippen molar-refractivity contribution in [1.29, 1.82) is 0 Å². The fourth-order valence-corrected chi connectivity index (χ4v) is 2.92. The molecule has 1 unspecified atom stereocenters. The van der Waals surface area contributed by atoms with Crippen LogP contribution in [0.3, 0.4) is 0 Å². The third-order valence-electron chi connectivity index (χ3n) is 3.97. The summed E-state index contributed by atoms with van der Waals surface area (Å²) in [6.45, 7) is 0.992. The molecule has 1 aromatic carbocycles. The molecule has 110 valence electrons. The molecule has 3 N–H and O–H groups in total. The summed E-state index contributed by atoms with van der Waals surface area (Å²) in [5.74, 6) is 0.0503. The smallest absolute Gasteiger partial charge is 0.240 e. The molecule has 1 aliphatic heterocycles. The second kappa shape index (κ2) is 7.41. The van der Waals surface area contributed by atoms with Crippen LogP contribution in [-0.4, -0.2) is 41.1 Å². The van der Waals surface area contributed by atoms with Crippen molar-refractivity contribution in [3.63, 3.8) is 0 Å². The van der Waals surface area contributed by atoms with Crippen LogP contribution < -0.4 is 5.73 Å². The van der Waals surface area contributed by atoms with Gasteiger partial charge in [0.15, 0.2) is 0 Å². The van der Waals surface area contributed by atoms with E-state index >= 15 is 0 Å². The van der Waals surface area contributed by atoms with Gasteiger partial charge in [-0.25, -0.2) is 0 Å². The number of amides is 1. The molecule has 0 saturated carbocycles. The number of hydrogen-bond acceptors (Lipinski definition) is 3. The fourth-order valence-electron chi connectivity index (χ4n) is 2.92. The minimum absolute atomic E-state index is 0.0503. The minimum atomic E-state index is -0.466. The van der Waals surface area contributed by atoms with Gasteiger partial charge in [-0.1, -0.05) is 30.3 Å². The van der Waals surface area contributed by atoms with Crippen LogP contribution in [0.4, 0.5) is 0 Å². The van der Waals surface area contributed by atoms with Gasteiger partial charge in [-0.3, -0.25) is 4.79 Å². The molecule has 1 heterocycles. The summed E-state index contributed by atoms with van der Waals surface area (Å²) in [6.07, 6.45) is 4.29. The molecule has 1 saturated heterocycles. The number of carbonyl (C=O) groups is 1. The lowest BCUT2D eigenvalue weighted by Crippen LogP contribution is -2.47. The van der Waals surface area contributed by atoms with Crippen LogP contribution in [0.2, 0.25) is 0 Å². The Hall–Kier alpha value is -1.39. The third kappa shape index (κ3) is 3.81. The fraction of sp³-hybridized carbons (Fsp3) is 0.562. The molecule has 1 aliphatic rings. The minimum Gasteiger partial charge on any atom is -0.396 e. The van der Waals surface area contributed by atoms with Gasteiger partial charge in [0.05, 0.1) is 6.04 Å². The Bertz CT molecular complexity index is 422. The van der Waals surface area contributed by atoms with Crippen LogP contribution in [-0.2, 0) is 11.2 Å². The Morgan fingerprint density at radius 3 is 2.85 bits per heavy atom. The van der Waals surface area contributed by atoms with E-state index in [1.165, 1.54) is 0 Å². The zero-order chi connectivity index (χ0) is 14.4. The zero-order valence-corrected chi connectivity index (χ0v) is 11.9. The molecule has 0 spiro atoms. The van der Waals surface area contributed by atoms with Crippen LogP contribution in [0.1, 0.15) is 31.2 Å². The molecule has 1 fully saturated rings. The van der Waals surface area contributed by atoms with Crippen molar-refractivity contribution in [2.75, 3.05) is 13.2 Å². The van der Waals surface area contributed by atoms with Crippen LogP contribution in [0, 0.1) is 0 Å². The monoisotopic (exact) mass is 276 g/mol. The van der Waals surface area contributed by atoms with E-state index < -0.39 is 6.04 Å². The lowest BCUT2D eigenvalue weighted by atomic mass is 10.0. The third-order valence-corrected chi connectivity index (χ3v) is 3.97. The Kier molecular flexibility index (Phi) is 5.56. The maximum absolute atomic E-state index is 12.5. The number of aliphatic hydroxyl groups excluding tert-OH is 1. The van der Waals surface area contributed by atoms with Gasteiger partial charge in [0, 0.05) is 19.2 Å². The Morgan fingerprint density at radius 1 is 1.40 bits per heavy atom. The van der Waals surface area contributed by atoms with Gasteiger partial charge in [-0.15, -0.1) is 0 Å². The number of rotatable bonds is 6. The molecule has 0 bridgehead atoms. The van der Waals surface area contributed by atoms with E-state index in [4.69, 9.17) is 10.8 Å². The molecule has 1 aromatic rings. The van der Waals surface area contributed by atoms with Crippen molar-refractivity contribution in [3.8, 4) is 0 Å². The molecule has 2 atom stereocenters. The molecular weight excluding hydrogens is 252 g/mol. The first-order valence-electron chi connectivity index (χ1n) is 7.43. The maximum atomic E-state index is 12.5. The normalized spacial score (nSPS) is 20.1. The summed E-state index contributed by atoms with van der Waals surface area (Å²) in [4.78, 5) is 14.4. The van der Waals surface area contributed by atoms with Crippen LogP contribution in [0.15, 0.2) is 30.3 Å². The van der Waals surface area contributed by atoms with Gasteiger partial charge in [-0.05, 0) is 37.7 Å². The van der Waals surface area contributed by atoms with Gasteiger partial charge in [0.25, 0.3) is 0 Å². The molecule has 4 heteroatoms. The lowest BCUT2D eigenvalue weighted by Gasteiger charge is -2.27. The van der Waals surface area contributed by atoms with E-state index in [1.807, 2.05) is 35.2 Å². The summed E-state index contributed by atoms with van der Waals surface area (Å²) in [5.41, 5.74) is 7.18. The molecule has 0 aliphatic carbocycles. The van der Waals surface area contributed by atoms with E-state index in [2.05, 4.69) is 0 Å². The first-order chi connectivity index (χ1) is 9.72. The van der Waals surface area contributed by atoms with E-state index in [-0.39, 0.29) is 18.6 Å². The molecule has 4 nitrogen and oxygen atoms in total. The van der Waals surface area contributed by atoms with E-state index in [1.54, 1.807) is 0 Å². The van der Waals surface area contributed by atoms with Gasteiger partial charge < -0.3 is 15.7 Å². The highest BCUT2D eigenvalue weighted by atomic mass is 16.3. The topological polar surface area (TPSA) is 66.6 Å². The first kappa shape index (κ1) is 15.0. The second-order valence-corrected chi connectivity index (χ2v) is 5.49. The van der Waals surface area contributed by atoms with Crippen molar-refractivity contribution >= 4 is 5.91 Å². The number of aliphatic hydroxyl groups is 1. The summed E-state index contributed by atoms with van der Waals surface area (Å²) in [6, 6.07) is 9.69. The summed E-state index contributed by atoms with van der Waals surface area (Å²) in [7, 11) is 0. The van der Waals surface area contributed by atoms with Crippen LogP contribution in [0.5, 0.6) is 0 Å². The summed E-state index contributed by atoms with van der Waals surface area (Å²) in [5, 5.41) is 8.93. The predicted molar refractivity (Wildman–Crippen MR) is 79.2 cm³/mol. The summed E-state index contributed by atoms with van der Waals surface area (Å²) >= 11 is 0. The Balaban J connectivity index is 1.92. The van der Waals surface area contributed by atoms with Crippen molar-refractivity contribution in [3.05, 3.63) is 35.9 Å². The van der Waals surface area contributed by atoms with Gasteiger partial charge in [0.2, 0.25) is 5.91 Å². The van der Waals surface area contributed by atoms with Gasteiger partial charge in [-0.2, -0.15) is 0 Å². The average molecular weight is 276 g/mol.